The smallest absolute Gasteiger partial charge is 0.326 e. The maximum atomic E-state index is 13.8. The summed E-state index contributed by atoms with van der Waals surface area (Å²) >= 11 is 0. The van der Waals surface area contributed by atoms with Crippen LogP contribution in [0.25, 0.3) is 0 Å². The molecule has 0 aliphatic heterocycles. The first-order valence-electron chi connectivity index (χ1n) is 7.97. The molecule has 3 rings (SSSR count). The second kappa shape index (κ2) is 7.01. The number of aliphatic carboxylic acids is 1. The van der Waals surface area contributed by atoms with E-state index in [1.54, 1.807) is 24.3 Å². The van der Waals surface area contributed by atoms with E-state index in [-0.39, 0.29) is 12.0 Å². The Bertz CT molecular complexity index is 795. The molecular weight excluding hydrogens is 328 g/mol. The standard InChI is InChI=1S/C19H17F2NO3/c20-12-6-7-16(21)14(9-12)13-10-15(13)18(23)22-17(19(24)25)8-11-4-2-1-3-5-11/h1-7,9,13,15,17H,8,10H2,(H,22,23)(H,24,25)/t13?,15?,17-/m0/s1. The molecule has 2 N–H and O–H groups in total. The van der Waals surface area contributed by atoms with Crippen LogP contribution in [0.15, 0.2) is 48.5 Å². The van der Waals surface area contributed by atoms with Gasteiger partial charge in [-0.25, -0.2) is 13.6 Å². The molecular formula is C19H17F2NO3. The third kappa shape index (κ3) is 4.02. The number of carboxylic acids is 1. The van der Waals surface area contributed by atoms with E-state index in [4.69, 9.17) is 0 Å². The average molecular weight is 345 g/mol. The highest BCUT2D eigenvalue weighted by atomic mass is 19.1. The first-order valence-corrected chi connectivity index (χ1v) is 7.97. The molecule has 1 amide bonds. The van der Waals surface area contributed by atoms with E-state index in [0.29, 0.717) is 6.42 Å². The van der Waals surface area contributed by atoms with Gasteiger partial charge >= 0.3 is 5.97 Å². The zero-order chi connectivity index (χ0) is 18.0. The summed E-state index contributed by atoms with van der Waals surface area (Å²) in [6.07, 6.45) is 0.539. The molecule has 3 atom stereocenters. The molecule has 2 aromatic carbocycles. The molecule has 2 unspecified atom stereocenters. The van der Waals surface area contributed by atoms with Gasteiger partial charge in [-0.2, -0.15) is 0 Å². The van der Waals surface area contributed by atoms with Crippen molar-refractivity contribution in [2.24, 2.45) is 5.92 Å². The molecule has 0 aromatic heterocycles. The molecule has 0 bridgehead atoms. The van der Waals surface area contributed by atoms with Crippen molar-refractivity contribution in [1.82, 2.24) is 5.32 Å². The summed E-state index contributed by atoms with van der Waals surface area (Å²) in [6, 6.07) is 11.1. The maximum absolute atomic E-state index is 13.8. The topological polar surface area (TPSA) is 66.4 Å². The van der Waals surface area contributed by atoms with Gasteiger partial charge in [0, 0.05) is 12.3 Å². The Morgan fingerprint density at radius 2 is 1.88 bits per heavy atom. The highest BCUT2D eigenvalue weighted by Crippen LogP contribution is 2.48. The number of hydrogen-bond donors (Lipinski definition) is 2. The van der Waals surface area contributed by atoms with E-state index in [9.17, 15) is 23.5 Å². The van der Waals surface area contributed by atoms with Crippen LogP contribution in [0.4, 0.5) is 8.78 Å². The van der Waals surface area contributed by atoms with Gasteiger partial charge in [0.25, 0.3) is 0 Å². The summed E-state index contributed by atoms with van der Waals surface area (Å²) in [7, 11) is 0. The van der Waals surface area contributed by atoms with Crippen molar-refractivity contribution in [3.63, 3.8) is 0 Å². The normalized spacial score (nSPS) is 19.9. The first kappa shape index (κ1) is 17.1. The molecule has 130 valence electrons. The van der Waals surface area contributed by atoms with Crippen LogP contribution in [0.3, 0.4) is 0 Å². The second-order valence-corrected chi connectivity index (χ2v) is 6.20. The molecule has 0 saturated heterocycles. The lowest BCUT2D eigenvalue weighted by molar-refractivity contribution is -0.142. The highest BCUT2D eigenvalue weighted by Gasteiger charge is 2.46. The zero-order valence-corrected chi connectivity index (χ0v) is 13.3. The number of nitrogens with one attached hydrogen (secondary N) is 1. The molecule has 25 heavy (non-hydrogen) atoms. The van der Waals surface area contributed by atoms with Gasteiger partial charge in [0.1, 0.15) is 17.7 Å². The molecule has 6 heteroatoms. The second-order valence-electron chi connectivity index (χ2n) is 6.20. The van der Waals surface area contributed by atoms with Gasteiger partial charge in [-0.3, -0.25) is 4.79 Å². The molecule has 1 saturated carbocycles. The Morgan fingerprint density at radius 3 is 2.56 bits per heavy atom. The van der Waals surface area contributed by atoms with Crippen molar-refractivity contribution in [3.8, 4) is 0 Å². The van der Waals surface area contributed by atoms with Crippen LogP contribution in [-0.2, 0) is 16.0 Å². The Balaban J connectivity index is 1.65. The maximum Gasteiger partial charge on any atom is 0.326 e. The van der Waals surface area contributed by atoms with Crippen LogP contribution >= 0.6 is 0 Å². The largest absolute Gasteiger partial charge is 0.480 e. The number of carbonyl (C=O) groups is 2. The lowest BCUT2D eigenvalue weighted by atomic mass is 10.0. The highest BCUT2D eigenvalue weighted by molar-refractivity contribution is 5.87. The third-order valence-electron chi connectivity index (χ3n) is 4.38. The number of rotatable bonds is 6. The molecule has 0 radical (unpaired) electrons. The van der Waals surface area contributed by atoms with Crippen molar-refractivity contribution in [1.29, 1.82) is 0 Å². The first-order chi connectivity index (χ1) is 12.0. The summed E-state index contributed by atoms with van der Waals surface area (Å²) < 4.78 is 27.1. The molecule has 0 heterocycles. The van der Waals surface area contributed by atoms with Crippen LogP contribution in [0.2, 0.25) is 0 Å². The predicted octanol–water partition coefficient (Wildman–Crippen LogP) is 2.88. The van der Waals surface area contributed by atoms with E-state index >= 15 is 0 Å². The monoisotopic (exact) mass is 345 g/mol. The SMILES string of the molecule is O=C(N[C@@H](Cc1ccccc1)C(=O)O)C1CC1c1cc(F)ccc1F. The van der Waals surface area contributed by atoms with E-state index in [1.807, 2.05) is 6.07 Å². The lowest BCUT2D eigenvalue weighted by Gasteiger charge is -2.15. The van der Waals surface area contributed by atoms with Crippen LogP contribution < -0.4 is 5.32 Å². The minimum Gasteiger partial charge on any atom is -0.480 e. The Morgan fingerprint density at radius 1 is 1.16 bits per heavy atom. The average Bonchev–Trinajstić information content (AvgIpc) is 3.38. The Kier molecular flexibility index (Phi) is 4.79. The fourth-order valence-corrected chi connectivity index (χ4v) is 2.96. The molecule has 1 fully saturated rings. The van der Waals surface area contributed by atoms with E-state index in [0.717, 1.165) is 23.8 Å². The molecule has 2 aromatic rings. The molecule has 4 nitrogen and oxygen atoms in total. The van der Waals surface area contributed by atoms with E-state index in [2.05, 4.69) is 5.32 Å². The number of hydrogen-bond acceptors (Lipinski definition) is 2. The molecule has 1 aliphatic carbocycles. The molecule has 0 spiro atoms. The van der Waals surface area contributed by atoms with Crippen molar-refractivity contribution in [2.45, 2.75) is 24.8 Å². The third-order valence-corrected chi connectivity index (χ3v) is 4.38. The van der Waals surface area contributed by atoms with Crippen LogP contribution in [0.1, 0.15) is 23.5 Å². The van der Waals surface area contributed by atoms with Gasteiger partial charge in [0.15, 0.2) is 0 Å². The van der Waals surface area contributed by atoms with Gasteiger partial charge in [-0.1, -0.05) is 30.3 Å². The van der Waals surface area contributed by atoms with Crippen molar-refractivity contribution >= 4 is 11.9 Å². The summed E-state index contributed by atoms with van der Waals surface area (Å²) in [6.45, 7) is 0. The van der Waals surface area contributed by atoms with Gasteiger partial charge in [0.2, 0.25) is 5.91 Å². The zero-order valence-electron chi connectivity index (χ0n) is 13.3. The van der Waals surface area contributed by atoms with Crippen LogP contribution in [0, 0.1) is 17.6 Å². The minimum absolute atomic E-state index is 0.160. The summed E-state index contributed by atoms with van der Waals surface area (Å²) in [4.78, 5) is 23.7. The lowest BCUT2D eigenvalue weighted by Crippen LogP contribution is -2.43. The van der Waals surface area contributed by atoms with Crippen molar-refractivity contribution in [2.75, 3.05) is 0 Å². The van der Waals surface area contributed by atoms with E-state index < -0.39 is 41.4 Å². The predicted molar refractivity (Wildman–Crippen MR) is 86.9 cm³/mol. The fourth-order valence-electron chi connectivity index (χ4n) is 2.96. The Labute approximate surface area is 143 Å². The van der Waals surface area contributed by atoms with Gasteiger partial charge in [-0.15, -0.1) is 0 Å². The number of carbonyl (C=O) groups excluding carboxylic acids is 1. The molecule has 1 aliphatic rings. The summed E-state index contributed by atoms with van der Waals surface area (Å²) in [5, 5.41) is 11.8. The minimum atomic E-state index is -1.13. The number of amides is 1. The van der Waals surface area contributed by atoms with Crippen LogP contribution in [0.5, 0.6) is 0 Å². The van der Waals surface area contributed by atoms with Crippen molar-refractivity contribution in [3.05, 3.63) is 71.3 Å². The number of halogens is 2. The number of benzene rings is 2. The number of carboxylic acid groups (broad SMARTS) is 1. The van der Waals surface area contributed by atoms with Crippen molar-refractivity contribution < 1.29 is 23.5 Å². The van der Waals surface area contributed by atoms with Gasteiger partial charge in [-0.05, 0) is 41.7 Å². The summed E-state index contributed by atoms with van der Waals surface area (Å²) in [5.41, 5.74) is 0.953. The Hall–Kier alpha value is -2.76. The van der Waals surface area contributed by atoms with Gasteiger partial charge < -0.3 is 10.4 Å². The summed E-state index contributed by atoms with van der Waals surface area (Å²) in [5.74, 6) is -3.64. The van der Waals surface area contributed by atoms with Gasteiger partial charge in [0.05, 0.1) is 0 Å². The quantitative estimate of drug-likeness (QED) is 0.846. The van der Waals surface area contributed by atoms with E-state index in [1.165, 1.54) is 0 Å². The van der Waals surface area contributed by atoms with Crippen LogP contribution in [-0.4, -0.2) is 23.0 Å². The fraction of sp³-hybridized carbons (Fsp3) is 0.263.